The van der Waals surface area contributed by atoms with Crippen molar-refractivity contribution in [2.24, 2.45) is 0 Å². The zero-order chi connectivity index (χ0) is 31.3. The molecule has 4 heteroatoms. The minimum absolute atomic E-state index is 0.676. The lowest BCUT2D eigenvalue weighted by atomic mass is 9.96. The van der Waals surface area contributed by atoms with Crippen LogP contribution in [-0.4, -0.2) is 14.5 Å². The van der Waals surface area contributed by atoms with Crippen molar-refractivity contribution in [2.45, 2.75) is 0 Å². The van der Waals surface area contributed by atoms with Gasteiger partial charge in [0.2, 0.25) is 5.95 Å². The van der Waals surface area contributed by atoms with Gasteiger partial charge in [-0.2, -0.15) is 0 Å². The first-order valence-electron chi connectivity index (χ1n) is 16.3. The second kappa shape index (κ2) is 9.71. The maximum Gasteiger partial charge on any atom is 0.235 e. The third-order valence-corrected chi connectivity index (χ3v) is 11.1. The Kier molecular flexibility index (Phi) is 5.26. The van der Waals surface area contributed by atoms with Crippen molar-refractivity contribution in [3.63, 3.8) is 0 Å². The zero-order valence-corrected chi connectivity index (χ0v) is 26.5. The third-order valence-electron chi connectivity index (χ3n) is 9.95. The minimum Gasteiger partial charge on any atom is -0.278 e. The van der Waals surface area contributed by atoms with Gasteiger partial charge in [0, 0.05) is 41.9 Å². The van der Waals surface area contributed by atoms with Gasteiger partial charge in [-0.1, -0.05) is 115 Å². The van der Waals surface area contributed by atoms with Crippen LogP contribution >= 0.6 is 11.3 Å². The Balaban J connectivity index is 1.29. The van der Waals surface area contributed by atoms with Gasteiger partial charge in [-0.25, -0.2) is 9.97 Å². The number of thiophene rings is 1. The molecule has 8 aromatic carbocycles. The Morgan fingerprint density at radius 3 is 1.94 bits per heavy atom. The third kappa shape index (κ3) is 3.58. The van der Waals surface area contributed by atoms with Crippen LogP contribution in [0.2, 0.25) is 0 Å². The molecule has 0 aliphatic rings. The predicted octanol–water partition coefficient (Wildman–Crippen LogP) is 12.2. The van der Waals surface area contributed by atoms with Crippen molar-refractivity contribution < 1.29 is 0 Å². The van der Waals surface area contributed by atoms with Crippen LogP contribution in [0.3, 0.4) is 0 Å². The van der Waals surface area contributed by atoms with Crippen LogP contribution in [0.5, 0.6) is 0 Å². The van der Waals surface area contributed by atoms with E-state index in [1.807, 2.05) is 11.3 Å². The van der Waals surface area contributed by atoms with Crippen LogP contribution in [0.15, 0.2) is 152 Å². The fourth-order valence-corrected chi connectivity index (χ4v) is 9.00. The molecule has 0 N–H and O–H groups in total. The van der Waals surface area contributed by atoms with E-state index in [-0.39, 0.29) is 0 Å². The summed E-state index contributed by atoms with van der Waals surface area (Å²) in [6.07, 6.45) is 0. The second-order valence-electron chi connectivity index (χ2n) is 12.6. The Bertz CT molecular complexity index is 3130. The summed E-state index contributed by atoms with van der Waals surface area (Å²) in [7, 11) is 0. The van der Waals surface area contributed by atoms with E-state index >= 15 is 0 Å². The summed E-state index contributed by atoms with van der Waals surface area (Å²) in [5.74, 6) is 0.676. The zero-order valence-electron chi connectivity index (χ0n) is 25.7. The monoisotopic (exact) mass is 627 g/mol. The lowest BCUT2D eigenvalue weighted by Crippen LogP contribution is -2.03. The Morgan fingerprint density at radius 1 is 0.417 bits per heavy atom. The highest BCUT2D eigenvalue weighted by Crippen LogP contribution is 2.44. The summed E-state index contributed by atoms with van der Waals surface area (Å²) in [6.45, 7) is 0. The fraction of sp³-hybridized carbons (Fsp3) is 0. The lowest BCUT2D eigenvalue weighted by molar-refractivity contribution is 1.02. The van der Waals surface area contributed by atoms with Crippen molar-refractivity contribution in [1.29, 1.82) is 0 Å². The molecule has 3 nitrogen and oxygen atoms in total. The number of hydrogen-bond donors (Lipinski definition) is 0. The number of aromatic nitrogens is 3. The highest BCUT2D eigenvalue weighted by atomic mass is 32.1. The SMILES string of the molecule is c1ccc2cc3c(cc2c1)c1c2ccccc2ccc1n3-c1nc(-c2cc3sc4ccccc4c3c3ccccc23)c2ccccc2n1. The molecule has 0 unspecified atom stereocenters. The molecule has 0 radical (unpaired) electrons. The molecule has 0 bridgehead atoms. The number of hydrogen-bond acceptors (Lipinski definition) is 3. The number of benzene rings is 8. The van der Waals surface area contributed by atoms with E-state index in [1.54, 1.807) is 0 Å². The molecule has 0 saturated carbocycles. The number of para-hydroxylation sites is 1. The van der Waals surface area contributed by atoms with Crippen LogP contribution in [0.1, 0.15) is 0 Å². The molecule has 3 aromatic heterocycles. The van der Waals surface area contributed by atoms with Crippen LogP contribution in [0, 0.1) is 0 Å². The maximum atomic E-state index is 5.54. The van der Waals surface area contributed by atoms with Crippen molar-refractivity contribution in [2.75, 3.05) is 0 Å². The lowest BCUT2D eigenvalue weighted by Gasteiger charge is -2.14. The molecular weight excluding hydrogens is 603 g/mol. The smallest absolute Gasteiger partial charge is 0.235 e. The molecule has 0 spiro atoms. The van der Waals surface area contributed by atoms with E-state index in [0.29, 0.717) is 5.95 Å². The maximum absolute atomic E-state index is 5.54. The summed E-state index contributed by atoms with van der Waals surface area (Å²) < 4.78 is 4.84. The molecule has 48 heavy (non-hydrogen) atoms. The van der Waals surface area contributed by atoms with Crippen molar-refractivity contribution in [3.05, 3.63) is 152 Å². The molecule has 11 rings (SSSR count). The van der Waals surface area contributed by atoms with Gasteiger partial charge in [0.05, 0.1) is 22.2 Å². The summed E-state index contributed by atoms with van der Waals surface area (Å²) in [4.78, 5) is 10.8. The van der Waals surface area contributed by atoms with E-state index in [0.717, 1.165) is 33.2 Å². The molecule has 0 aliphatic heterocycles. The summed E-state index contributed by atoms with van der Waals surface area (Å²) >= 11 is 1.85. The summed E-state index contributed by atoms with van der Waals surface area (Å²) in [6, 6.07) is 54.7. The van der Waals surface area contributed by atoms with E-state index in [2.05, 4.69) is 156 Å². The number of rotatable bonds is 2. The van der Waals surface area contributed by atoms with Crippen LogP contribution in [0.4, 0.5) is 0 Å². The van der Waals surface area contributed by atoms with E-state index in [4.69, 9.17) is 9.97 Å². The first kappa shape index (κ1) is 26.0. The van der Waals surface area contributed by atoms with Gasteiger partial charge in [0.15, 0.2) is 0 Å². The molecule has 222 valence electrons. The minimum atomic E-state index is 0.676. The van der Waals surface area contributed by atoms with Gasteiger partial charge in [-0.05, 0) is 68.7 Å². The van der Waals surface area contributed by atoms with Crippen LogP contribution < -0.4 is 0 Å². The second-order valence-corrected chi connectivity index (χ2v) is 13.6. The van der Waals surface area contributed by atoms with Gasteiger partial charge in [-0.3, -0.25) is 4.57 Å². The first-order chi connectivity index (χ1) is 23.8. The molecule has 3 heterocycles. The molecule has 0 fully saturated rings. The Morgan fingerprint density at radius 2 is 1.08 bits per heavy atom. The molecular formula is C44H25N3S. The topological polar surface area (TPSA) is 30.7 Å². The molecule has 0 aliphatic carbocycles. The van der Waals surface area contributed by atoms with Crippen LogP contribution in [-0.2, 0) is 0 Å². The average molecular weight is 628 g/mol. The van der Waals surface area contributed by atoms with E-state index < -0.39 is 0 Å². The number of nitrogens with zero attached hydrogens (tertiary/aromatic N) is 3. The van der Waals surface area contributed by atoms with Crippen molar-refractivity contribution in [1.82, 2.24) is 14.5 Å². The van der Waals surface area contributed by atoms with E-state index in [1.165, 1.54) is 63.3 Å². The van der Waals surface area contributed by atoms with Crippen LogP contribution in [0.25, 0.3) is 102 Å². The molecule has 11 aromatic rings. The van der Waals surface area contributed by atoms with Gasteiger partial charge < -0.3 is 0 Å². The van der Waals surface area contributed by atoms with Gasteiger partial charge in [-0.15, -0.1) is 11.3 Å². The predicted molar refractivity (Wildman–Crippen MR) is 205 cm³/mol. The largest absolute Gasteiger partial charge is 0.278 e. The van der Waals surface area contributed by atoms with Crippen molar-refractivity contribution >= 4 is 96.5 Å². The standard InChI is InChI=1S/C44H25N3S/c1-2-13-28-24-38-35(23-27(28)12-1)41-29-14-4-3-11-26(29)21-22-37(41)47(38)44-45-36-19-9-7-17-32(36)43(46-44)34-25-40-42(31-16-6-5-15-30(31)34)33-18-8-10-20-39(33)48-40/h1-25H. The summed E-state index contributed by atoms with van der Waals surface area (Å²) in [5.41, 5.74) is 5.20. The Labute approximate surface area is 278 Å². The molecule has 0 saturated heterocycles. The molecule has 0 amide bonds. The van der Waals surface area contributed by atoms with Crippen molar-refractivity contribution in [3.8, 4) is 17.2 Å². The van der Waals surface area contributed by atoms with Gasteiger partial charge in [0.25, 0.3) is 0 Å². The quantitative estimate of drug-likeness (QED) is 0.191. The number of fused-ring (bicyclic) bond motifs is 12. The highest BCUT2D eigenvalue weighted by molar-refractivity contribution is 7.26. The first-order valence-corrected chi connectivity index (χ1v) is 17.1. The summed E-state index contributed by atoms with van der Waals surface area (Å²) in [5, 5.41) is 13.4. The normalized spacial score (nSPS) is 12.2. The average Bonchev–Trinajstić information content (AvgIpc) is 3.68. The highest BCUT2D eigenvalue weighted by Gasteiger charge is 2.21. The van der Waals surface area contributed by atoms with Gasteiger partial charge >= 0.3 is 0 Å². The van der Waals surface area contributed by atoms with E-state index in [9.17, 15) is 0 Å². The molecule has 0 atom stereocenters. The van der Waals surface area contributed by atoms with Gasteiger partial charge in [0.1, 0.15) is 0 Å². The Hall–Kier alpha value is -6.10. The fourth-order valence-electron chi connectivity index (χ4n) is 7.84.